The Labute approximate surface area is 184 Å². The smallest absolute Gasteiger partial charge is 0.191 e. The molecule has 1 aliphatic rings. The zero-order chi connectivity index (χ0) is 21.7. The summed E-state index contributed by atoms with van der Waals surface area (Å²) >= 11 is 6.20. The molecule has 3 N–H and O–H groups in total. The molecule has 1 fully saturated rings. The van der Waals surface area contributed by atoms with Crippen molar-refractivity contribution in [3.63, 3.8) is 0 Å². The van der Waals surface area contributed by atoms with Gasteiger partial charge in [0.25, 0.3) is 0 Å². The number of guanidine groups is 1. The molecule has 2 atom stereocenters. The summed E-state index contributed by atoms with van der Waals surface area (Å²) in [4.78, 5) is 7.02. The molecule has 0 bridgehead atoms. The van der Waals surface area contributed by atoms with E-state index in [1.54, 1.807) is 17.8 Å². The van der Waals surface area contributed by atoms with Crippen LogP contribution in [0.1, 0.15) is 31.4 Å². The van der Waals surface area contributed by atoms with E-state index in [9.17, 15) is 5.11 Å². The van der Waals surface area contributed by atoms with Crippen molar-refractivity contribution in [3.8, 4) is 0 Å². The topological polar surface area (TPSA) is 77.7 Å². The van der Waals surface area contributed by atoms with Gasteiger partial charge in [-0.05, 0) is 50.8 Å². The molecule has 1 aliphatic heterocycles. The minimum absolute atomic E-state index is 0.256. The highest BCUT2D eigenvalue weighted by Gasteiger charge is 2.26. The van der Waals surface area contributed by atoms with Crippen LogP contribution in [-0.2, 0) is 12.6 Å². The van der Waals surface area contributed by atoms with Crippen molar-refractivity contribution in [2.75, 3.05) is 37.6 Å². The lowest BCUT2D eigenvalue weighted by molar-refractivity contribution is 0.0672. The van der Waals surface area contributed by atoms with Crippen molar-refractivity contribution in [2.24, 2.45) is 18.0 Å². The molecule has 2 aromatic rings. The van der Waals surface area contributed by atoms with Crippen molar-refractivity contribution < 1.29 is 5.11 Å². The number of nitrogens with one attached hydrogen (secondary N) is 2. The molecule has 3 rings (SSSR count). The van der Waals surface area contributed by atoms with E-state index in [4.69, 9.17) is 11.6 Å². The van der Waals surface area contributed by atoms with Gasteiger partial charge in [0.2, 0.25) is 0 Å². The van der Waals surface area contributed by atoms with Crippen molar-refractivity contribution >= 4 is 23.2 Å². The number of aliphatic imine (C=N–C) groups is 1. The summed E-state index contributed by atoms with van der Waals surface area (Å²) in [5.74, 6) is 1.24. The molecule has 1 aromatic carbocycles. The molecule has 0 saturated carbocycles. The van der Waals surface area contributed by atoms with E-state index in [0.717, 1.165) is 49.1 Å². The van der Waals surface area contributed by atoms with Gasteiger partial charge < -0.3 is 20.6 Å². The summed E-state index contributed by atoms with van der Waals surface area (Å²) < 4.78 is 1.68. The number of rotatable bonds is 7. The number of halogens is 1. The molecule has 2 unspecified atom stereocenters. The highest BCUT2D eigenvalue weighted by atomic mass is 35.5. The van der Waals surface area contributed by atoms with Crippen LogP contribution in [0.2, 0.25) is 5.02 Å². The van der Waals surface area contributed by atoms with Crippen LogP contribution in [0.5, 0.6) is 0 Å². The van der Waals surface area contributed by atoms with Crippen LogP contribution in [0, 0.1) is 12.8 Å². The number of aromatic nitrogens is 2. The zero-order valence-electron chi connectivity index (χ0n) is 18.3. The monoisotopic (exact) mass is 432 g/mol. The van der Waals surface area contributed by atoms with Gasteiger partial charge in [0.15, 0.2) is 5.96 Å². The standard InChI is InChI=1S/C22H33ClN6O/c1-5-24-21(26-15-22(3,30)18-12-27-28(4)14-18)25-11-17-8-9-29(13-17)20-10-19(23)7-6-16(20)2/h6-7,10,12,14,17,30H,5,8-9,11,13,15H2,1-4H3,(H2,24,25,26). The average Bonchev–Trinajstić information content (AvgIpc) is 3.35. The molecule has 0 spiro atoms. The Balaban J connectivity index is 1.57. The van der Waals surface area contributed by atoms with Crippen LogP contribution >= 0.6 is 11.6 Å². The Kier molecular flexibility index (Phi) is 7.26. The van der Waals surface area contributed by atoms with Crippen LogP contribution in [0.15, 0.2) is 35.6 Å². The SMILES string of the molecule is CCNC(=NCC(C)(O)c1cnn(C)c1)NCC1CCN(c2cc(Cl)ccc2C)C1. The number of benzene rings is 1. The molecule has 0 radical (unpaired) electrons. The second-order valence-electron chi connectivity index (χ2n) is 8.28. The van der Waals surface area contributed by atoms with E-state index in [2.05, 4.69) is 44.7 Å². The first-order valence-electron chi connectivity index (χ1n) is 10.5. The Morgan fingerprint density at radius 1 is 1.40 bits per heavy atom. The number of hydrogen-bond acceptors (Lipinski definition) is 4. The van der Waals surface area contributed by atoms with Gasteiger partial charge in [0.1, 0.15) is 5.60 Å². The molecule has 164 valence electrons. The van der Waals surface area contributed by atoms with E-state index < -0.39 is 5.60 Å². The first-order chi connectivity index (χ1) is 14.3. The molecule has 2 heterocycles. The van der Waals surface area contributed by atoms with Gasteiger partial charge in [-0.3, -0.25) is 4.68 Å². The third-order valence-electron chi connectivity index (χ3n) is 5.57. The van der Waals surface area contributed by atoms with Gasteiger partial charge in [-0.15, -0.1) is 0 Å². The lowest BCUT2D eigenvalue weighted by Crippen LogP contribution is -2.41. The van der Waals surface area contributed by atoms with Crippen LogP contribution in [0.4, 0.5) is 5.69 Å². The second kappa shape index (κ2) is 9.71. The fourth-order valence-corrected chi connectivity index (χ4v) is 3.91. The molecule has 0 amide bonds. The van der Waals surface area contributed by atoms with Gasteiger partial charge in [0, 0.05) is 55.7 Å². The van der Waals surface area contributed by atoms with Gasteiger partial charge in [-0.25, -0.2) is 4.99 Å². The zero-order valence-corrected chi connectivity index (χ0v) is 19.1. The van der Waals surface area contributed by atoms with Gasteiger partial charge in [-0.2, -0.15) is 5.10 Å². The molecule has 0 aliphatic carbocycles. The maximum atomic E-state index is 10.8. The van der Waals surface area contributed by atoms with Gasteiger partial charge >= 0.3 is 0 Å². The van der Waals surface area contributed by atoms with Gasteiger partial charge in [-0.1, -0.05) is 17.7 Å². The maximum absolute atomic E-state index is 10.8. The lowest BCUT2D eigenvalue weighted by Gasteiger charge is -2.22. The summed E-state index contributed by atoms with van der Waals surface area (Å²) in [6, 6.07) is 6.07. The summed E-state index contributed by atoms with van der Waals surface area (Å²) in [6.45, 7) is 9.79. The predicted octanol–water partition coefficient (Wildman–Crippen LogP) is 2.67. The first kappa shape index (κ1) is 22.4. The molecule has 1 saturated heterocycles. The minimum Gasteiger partial charge on any atom is -0.383 e. The molecule has 1 aromatic heterocycles. The Hall–Kier alpha value is -2.25. The van der Waals surface area contributed by atoms with E-state index >= 15 is 0 Å². The Morgan fingerprint density at radius 3 is 2.90 bits per heavy atom. The third-order valence-corrected chi connectivity index (χ3v) is 5.81. The number of anilines is 1. The first-order valence-corrected chi connectivity index (χ1v) is 10.9. The summed E-state index contributed by atoms with van der Waals surface area (Å²) in [5, 5.41) is 22.4. The molecular formula is C22H33ClN6O. The van der Waals surface area contributed by atoms with E-state index in [0.29, 0.717) is 5.92 Å². The maximum Gasteiger partial charge on any atom is 0.191 e. The van der Waals surface area contributed by atoms with Gasteiger partial charge in [0.05, 0.1) is 12.7 Å². The fraction of sp³-hybridized carbons (Fsp3) is 0.545. The van der Waals surface area contributed by atoms with Crippen LogP contribution in [0.25, 0.3) is 0 Å². The normalized spacial score (nSPS) is 19.1. The number of nitrogens with zero attached hydrogens (tertiary/aromatic N) is 4. The Morgan fingerprint density at radius 2 is 2.20 bits per heavy atom. The van der Waals surface area contributed by atoms with Crippen molar-refractivity contribution in [1.82, 2.24) is 20.4 Å². The highest BCUT2D eigenvalue weighted by Crippen LogP contribution is 2.29. The van der Waals surface area contributed by atoms with E-state index in [1.807, 2.05) is 26.2 Å². The number of aryl methyl sites for hydroxylation is 2. The molecule has 8 heteroatoms. The number of hydrogen-bond donors (Lipinski definition) is 3. The van der Waals surface area contributed by atoms with Crippen LogP contribution in [-0.4, -0.2) is 53.6 Å². The quantitative estimate of drug-likeness (QED) is 0.463. The van der Waals surface area contributed by atoms with Crippen molar-refractivity contribution in [2.45, 2.75) is 32.8 Å². The summed E-state index contributed by atoms with van der Waals surface area (Å²) in [5.41, 5.74) is 2.16. The van der Waals surface area contributed by atoms with Crippen LogP contribution < -0.4 is 15.5 Å². The molecular weight excluding hydrogens is 400 g/mol. The van der Waals surface area contributed by atoms with Crippen molar-refractivity contribution in [3.05, 3.63) is 46.7 Å². The predicted molar refractivity (Wildman–Crippen MR) is 123 cm³/mol. The minimum atomic E-state index is -1.06. The number of aliphatic hydroxyl groups is 1. The highest BCUT2D eigenvalue weighted by molar-refractivity contribution is 6.30. The lowest BCUT2D eigenvalue weighted by atomic mass is 10.0. The van der Waals surface area contributed by atoms with Crippen molar-refractivity contribution in [1.29, 1.82) is 0 Å². The van der Waals surface area contributed by atoms with E-state index in [-0.39, 0.29) is 6.54 Å². The summed E-state index contributed by atoms with van der Waals surface area (Å²) in [7, 11) is 1.84. The molecule has 30 heavy (non-hydrogen) atoms. The fourth-order valence-electron chi connectivity index (χ4n) is 3.75. The second-order valence-corrected chi connectivity index (χ2v) is 8.72. The van der Waals surface area contributed by atoms with E-state index in [1.165, 1.54) is 11.3 Å². The Bertz CT molecular complexity index is 878. The van der Waals surface area contributed by atoms with Crippen LogP contribution in [0.3, 0.4) is 0 Å². The molecule has 7 nitrogen and oxygen atoms in total. The third kappa shape index (κ3) is 5.67. The largest absolute Gasteiger partial charge is 0.383 e. The average molecular weight is 433 g/mol. The summed E-state index contributed by atoms with van der Waals surface area (Å²) in [6.07, 6.45) is 4.62.